The van der Waals surface area contributed by atoms with Crippen LogP contribution in [0.5, 0.6) is 0 Å². The second kappa shape index (κ2) is 7.16. The molecule has 2 unspecified atom stereocenters. The molecule has 0 spiro atoms. The fourth-order valence-electron chi connectivity index (χ4n) is 1.88. The molecule has 0 aromatic carbocycles. The molecule has 2 atom stereocenters. The third kappa shape index (κ3) is 3.81. The quantitative estimate of drug-likeness (QED) is 0.803. The van der Waals surface area contributed by atoms with Crippen molar-refractivity contribution >= 4 is 35.4 Å². The van der Waals surface area contributed by atoms with Gasteiger partial charge in [0.2, 0.25) is 5.91 Å². The summed E-state index contributed by atoms with van der Waals surface area (Å²) < 4.78 is 0. The number of carbonyl (C=O) groups excluding carboxylic acids is 1. The van der Waals surface area contributed by atoms with Gasteiger partial charge in [-0.05, 0) is 12.7 Å². The summed E-state index contributed by atoms with van der Waals surface area (Å²) in [4.78, 5) is 24.8. The van der Waals surface area contributed by atoms with Crippen LogP contribution in [0.1, 0.15) is 26.2 Å². The Morgan fingerprint density at radius 2 is 2.24 bits per heavy atom. The normalized spacial score (nSPS) is 24.0. The summed E-state index contributed by atoms with van der Waals surface area (Å²) in [7, 11) is 0. The molecule has 0 bridgehead atoms. The smallest absolute Gasteiger partial charge is 0.327 e. The Balaban J connectivity index is 2.70. The van der Waals surface area contributed by atoms with Crippen LogP contribution in [0.15, 0.2) is 0 Å². The largest absolute Gasteiger partial charge is 0.480 e. The van der Waals surface area contributed by atoms with Crippen LogP contribution in [-0.2, 0) is 9.59 Å². The highest BCUT2D eigenvalue weighted by Crippen LogP contribution is 2.32. The fourth-order valence-corrected chi connectivity index (χ4v) is 3.79. The van der Waals surface area contributed by atoms with Gasteiger partial charge in [-0.25, -0.2) is 4.79 Å². The minimum atomic E-state index is -0.881. The first kappa shape index (κ1) is 14.7. The van der Waals surface area contributed by atoms with Gasteiger partial charge in [-0.1, -0.05) is 13.3 Å². The molecular weight excluding hydrogens is 258 g/mol. The van der Waals surface area contributed by atoms with E-state index in [1.54, 1.807) is 28.4 Å². The molecule has 0 radical (unpaired) electrons. The zero-order valence-electron chi connectivity index (χ0n) is 10.2. The van der Waals surface area contributed by atoms with E-state index < -0.39 is 12.0 Å². The maximum atomic E-state index is 12.0. The third-order valence-corrected chi connectivity index (χ3v) is 4.69. The number of nitrogens with zero attached hydrogens (tertiary/aromatic N) is 1. The fraction of sp³-hybridized carbons (Fsp3) is 0.818. The molecule has 1 aliphatic heterocycles. The monoisotopic (exact) mass is 277 g/mol. The van der Waals surface area contributed by atoms with Gasteiger partial charge in [0.25, 0.3) is 0 Å². The molecule has 0 aliphatic carbocycles. The maximum absolute atomic E-state index is 12.0. The van der Waals surface area contributed by atoms with Gasteiger partial charge in [0.05, 0.1) is 5.37 Å². The van der Waals surface area contributed by atoms with E-state index in [0.717, 1.165) is 18.6 Å². The minimum absolute atomic E-state index is 0.0183. The molecule has 1 rings (SSSR count). The van der Waals surface area contributed by atoms with E-state index >= 15 is 0 Å². The lowest BCUT2D eigenvalue weighted by Crippen LogP contribution is -2.45. The molecule has 1 heterocycles. The van der Waals surface area contributed by atoms with Crippen molar-refractivity contribution in [3.05, 3.63) is 0 Å². The Labute approximate surface area is 111 Å². The molecule has 1 N–H and O–H groups in total. The van der Waals surface area contributed by atoms with Gasteiger partial charge in [-0.2, -0.15) is 11.8 Å². The van der Waals surface area contributed by atoms with E-state index in [4.69, 9.17) is 5.11 Å². The zero-order chi connectivity index (χ0) is 12.8. The van der Waals surface area contributed by atoms with Crippen molar-refractivity contribution < 1.29 is 14.7 Å². The first-order valence-corrected chi connectivity index (χ1v) is 8.20. The summed E-state index contributed by atoms with van der Waals surface area (Å²) in [5.74, 6) is 0.375. The van der Waals surface area contributed by atoms with Crippen LogP contribution >= 0.6 is 23.5 Å². The molecule has 0 aromatic heterocycles. The highest BCUT2D eigenvalue weighted by molar-refractivity contribution is 8.00. The number of carboxylic acid groups (broad SMARTS) is 1. The first-order valence-electron chi connectivity index (χ1n) is 5.76. The second-order valence-electron chi connectivity index (χ2n) is 3.97. The van der Waals surface area contributed by atoms with Crippen LogP contribution in [0.3, 0.4) is 0 Å². The van der Waals surface area contributed by atoms with Crippen LogP contribution in [0.25, 0.3) is 0 Å². The Morgan fingerprint density at radius 3 is 2.76 bits per heavy atom. The van der Waals surface area contributed by atoms with E-state index in [-0.39, 0.29) is 11.3 Å². The average Bonchev–Trinajstić information content (AvgIpc) is 2.70. The predicted octanol–water partition coefficient (Wildman–Crippen LogP) is 1.89. The van der Waals surface area contributed by atoms with Crippen molar-refractivity contribution in [3.8, 4) is 0 Å². The number of hydrogen-bond donors (Lipinski definition) is 1. The van der Waals surface area contributed by atoms with Crippen molar-refractivity contribution in [2.75, 3.05) is 17.8 Å². The van der Waals surface area contributed by atoms with Gasteiger partial charge in [0, 0.05) is 17.9 Å². The Bertz CT molecular complexity index is 286. The molecule has 1 amide bonds. The summed E-state index contributed by atoms with van der Waals surface area (Å²) in [5.41, 5.74) is 0. The second-order valence-corrected chi connectivity index (χ2v) is 6.17. The van der Waals surface area contributed by atoms with Crippen molar-refractivity contribution in [3.63, 3.8) is 0 Å². The number of hydrogen-bond acceptors (Lipinski definition) is 4. The average molecular weight is 277 g/mol. The van der Waals surface area contributed by atoms with E-state index in [0.29, 0.717) is 12.2 Å². The number of rotatable bonds is 6. The van der Waals surface area contributed by atoms with Gasteiger partial charge >= 0.3 is 5.97 Å². The highest BCUT2D eigenvalue weighted by atomic mass is 32.2. The lowest BCUT2D eigenvalue weighted by atomic mass is 10.2. The molecule has 1 aliphatic rings. The predicted molar refractivity (Wildman–Crippen MR) is 72.4 cm³/mol. The molecule has 6 heteroatoms. The molecular formula is C11H19NO3S2. The molecule has 1 fully saturated rings. The van der Waals surface area contributed by atoms with Gasteiger partial charge < -0.3 is 10.0 Å². The highest BCUT2D eigenvalue weighted by Gasteiger charge is 2.40. The van der Waals surface area contributed by atoms with E-state index in [2.05, 4.69) is 6.92 Å². The van der Waals surface area contributed by atoms with Crippen molar-refractivity contribution in [1.82, 2.24) is 4.90 Å². The number of amides is 1. The molecule has 0 aromatic rings. The lowest BCUT2D eigenvalue weighted by molar-refractivity contribution is -0.149. The number of aliphatic carboxylic acids is 1. The minimum Gasteiger partial charge on any atom is -0.480 e. The van der Waals surface area contributed by atoms with Crippen LogP contribution < -0.4 is 0 Å². The van der Waals surface area contributed by atoms with Crippen LogP contribution in [-0.4, -0.2) is 51.1 Å². The van der Waals surface area contributed by atoms with Crippen LogP contribution in [0.2, 0.25) is 0 Å². The maximum Gasteiger partial charge on any atom is 0.327 e. The summed E-state index contributed by atoms with van der Waals surface area (Å²) in [6.07, 6.45) is 4.23. The van der Waals surface area contributed by atoms with Gasteiger partial charge in [-0.15, -0.1) is 11.8 Å². The molecule has 4 nitrogen and oxygen atoms in total. The summed E-state index contributed by atoms with van der Waals surface area (Å²) >= 11 is 3.20. The van der Waals surface area contributed by atoms with E-state index in [1.807, 2.05) is 6.26 Å². The number of carboxylic acids is 1. The van der Waals surface area contributed by atoms with Crippen molar-refractivity contribution in [2.45, 2.75) is 37.6 Å². The van der Waals surface area contributed by atoms with Gasteiger partial charge in [0.15, 0.2) is 0 Å². The number of carbonyl (C=O) groups is 2. The first-order chi connectivity index (χ1) is 8.11. The molecule has 17 heavy (non-hydrogen) atoms. The SMILES string of the molecule is CCCC1SCC(C(=O)O)N1C(=O)CCSC. The van der Waals surface area contributed by atoms with Crippen molar-refractivity contribution in [2.24, 2.45) is 0 Å². The van der Waals surface area contributed by atoms with Crippen LogP contribution in [0, 0.1) is 0 Å². The number of thioether (sulfide) groups is 2. The van der Waals surface area contributed by atoms with Crippen LogP contribution in [0.4, 0.5) is 0 Å². The summed E-state index contributed by atoms with van der Waals surface area (Å²) in [6, 6.07) is -0.633. The standard InChI is InChI=1S/C11H19NO3S2/c1-3-4-10-12(9(13)5-6-16-2)8(7-17-10)11(14)15/h8,10H,3-7H2,1-2H3,(H,14,15). The molecule has 98 valence electrons. The lowest BCUT2D eigenvalue weighted by Gasteiger charge is -2.27. The Morgan fingerprint density at radius 1 is 1.53 bits per heavy atom. The van der Waals surface area contributed by atoms with Gasteiger partial charge in [0.1, 0.15) is 6.04 Å². The zero-order valence-corrected chi connectivity index (χ0v) is 11.9. The van der Waals surface area contributed by atoms with Gasteiger partial charge in [-0.3, -0.25) is 4.79 Å². The van der Waals surface area contributed by atoms with E-state index in [1.165, 1.54) is 0 Å². The van der Waals surface area contributed by atoms with Crippen molar-refractivity contribution in [1.29, 1.82) is 0 Å². The third-order valence-electron chi connectivity index (χ3n) is 2.72. The Kier molecular flexibility index (Phi) is 6.19. The Hall–Kier alpha value is -0.360. The van der Waals surface area contributed by atoms with E-state index in [9.17, 15) is 9.59 Å². The summed E-state index contributed by atoms with van der Waals surface area (Å²) in [5, 5.41) is 9.18. The molecule has 0 saturated carbocycles. The molecule has 1 saturated heterocycles. The summed E-state index contributed by atoms with van der Waals surface area (Å²) in [6.45, 7) is 2.05. The topological polar surface area (TPSA) is 57.6 Å².